The van der Waals surface area contributed by atoms with E-state index < -0.39 is 5.41 Å². The Bertz CT molecular complexity index is 373. The lowest BCUT2D eigenvalue weighted by Crippen LogP contribution is -2.64. The van der Waals surface area contributed by atoms with E-state index in [4.69, 9.17) is 0 Å². The van der Waals surface area contributed by atoms with Crippen LogP contribution in [0.5, 0.6) is 0 Å². The molecule has 4 heteroatoms. The average molecular weight is 313 g/mol. The third-order valence-electron chi connectivity index (χ3n) is 3.13. The van der Waals surface area contributed by atoms with E-state index in [0.29, 0.717) is 0 Å². The summed E-state index contributed by atoms with van der Waals surface area (Å²) in [5.74, 6) is -0.0762. The summed E-state index contributed by atoms with van der Waals surface area (Å²) in [7, 11) is 0. The van der Waals surface area contributed by atoms with Crippen LogP contribution in [-0.4, -0.2) is 33.7 Å². The highest BCUT2D eigenvalue weighted by Gasteiger charge is 2.38. The Balaban J connectivity index is 5.95. The van der Waals surface area contributed by atoms with E-state index in [1.165, 1.54) is 0 Å². The molecule has 0 spiro atoms. The standard InChI is InChI=1S/C18H39N3O/c1-15(2,3)13(22)19-14(20-16(4,5)6)21(17(7,8)9)18(10,11)12/h14,20H,1-12H3,(H,19,22)/p-1. The molecule has 0 aliphatic heterocycles. The molecule has 0 aliphatic rings. The predicted molar refractivity (Wildman–Crippen MR) is 94.9 cm³/mol. The van der Waals surface area contributed by atoms with E-state index in [9.17, 15) is 5.11 Å². The molecule has 0 fully saturated rings. The van der Waals surface area contributed by atoms with Crippen LogP contribution in [0.25, 0.3) is 0 Å². The molecule has 4 nitrogen and oxygen atoms in total. The fourth-order valence-corrected chi connectivity index (χ4v) is 2.59. The molecule has 132 valence electrons. The highest BCUT2D eigenvalue weighted by Crippen LogP contribution is 2.29. The van der Waals surface area contributed by atoms with Crippen LogP contribution >= 0.6 is 0 Å². The van der Waals surface area contributed by atoms with E-state index in [2.05, 4.69) is 77.5 Å². The number of nitrogens with zero attached hydrogens (tertiary/aromatic N) is 2. The Morgan fingerprint density at radius 3 is 1.41 bits per heavy atom. The van der Waals surface area contributed by atoms with Crippen molar-refractivity contribution in [2.75, 3.05) is 0 Å². The molecular weight excluding hydrogens is 274 g/mol. The molecule has 0 saturated carbocycles. The Morgan fingerprint density at radius 1 is 0.818 bits per heavy atom. The van der Waals surface area contributed by atoms with Gasteiger partial charge in [0.25, 0.3) is 0 Å². The van der Waals surface area contributed by atoms with Gasteiger partial charge >= 0.3 is 0 Å². The maximum atomic E-state index is 12.5. The lowest BCUT2D eigenvalue weighted by Gasteiger charge is -2.50. The highest BCUT2D eigenvalue weighted by molar-refractivity contribution is 5.77. The van der Waals surface area contributed by atoms with Gasteiger partial charge in [0.1, 0.15) is 0 Å². The van der Waals surface area contributed by atoms with Gasteiger partial charge in [-0.3, -0.25) is 15.2 Å². The molecule has 0 heterocycles. The topological polar surface area (TPSA) is 50.7 Å². The first kappa shape index (κ1) is 21.4. The van der Waals surface area contributed by atoms with Crippen molar-refractivity contribution in [3.8, 4) is 0 Å². The average Bonchev–Trinajstić information content (AvgIpc) is 2.06. The van der Waals surface area contributed by atoms with Crippen LogP contribution < -0.4 is 10.4 Å². The molecule has 0 aromatic rings. The van der Waals surface area contributed by atoms with E-state index >= 15 is 0 Å². The van der Waals surface area contributed by atoms with Gasteiger partial charge in [0.2, 0.25) is 0 Å². The molecule has 22 heavy (non-hydrogen) atoms. The van der Waals surface area contributed by atoms with E-state index in [-0.39, 0.29) is 28.8 Å². The molecule has 0 saturated heterocycles. The van der Waals surface area contributed by atoms with E-state index in [1.807, 2.05) is 20.8 Å². The highest BCUT2D eigenvalue weighted by atomic mass is 16.3. The molecular formula is C18H38N3O-. The molecule has 1 atom stereocenters. The monoisotopic (exact) mass is 312 g/mol. The Kier molecular flexibility index (Phi) is 6.30. The quantitative estimate of drug-likeness (QED) is 0.494. The van der Waals surface area contributed by atoms with Gasteiger partial charge in [0.15, 0.2) is 6.29 Å². The summed E-state index contributed by atoms with van der Waals surface area (Å²) < 4.78 is 0. The lowest BCUT2D eigenvalue weighted by molar-refractivity contribution is -0.230. The molecule has 1 unspecified atom stereocenters. The van der Waals surface area contributed by atoms with Gasteiger partial charge in [-0.15, -0.1) is 0 Å². The summed E-state index contributed by atoms with van der Waals surface area (Å²) >= 11 is 0. The van der Waals surface area contributed by atoms with Gasteiger partial charge in [-0.1, -0.05) is 20.8 Å². The molecule has 0 radical (unpaired) electrons. The molecule has 0 aromatic carbocycles. The molecule has 0 aromatic heterocycles. The van der Waals surface area contributed by atoms with Crippen molar-refractivity contribution in [2.24, 2.45) is 10.4 Å². The number of nitrogens with one attached hydrogen (secondary N) is 1. The van der Waals surface area contributed by atoms with Crippen molar-refractivity contribution in [2.45, 2.75) is 106 Å². The van der Waals surface area contributed by atoms with Gasteiger partial charge in [-0.05, 0) is 73.6 Å². The minimum atomic E-state index is -0.473. The third kappa shape index (κ3) is 7.10. The SMILES string of the molecule is CC(C)(C)NC(/N=C(\[O-])C(C)(C)C)N(C(C)(C)C)C(C)(C)C. The van der Waals surface area contributed by atoms with Crippen molar-refractivity contribution < 1.29 is 5.11 Å². The number of hydrogen-bond donors (Lipinski definition) is 1. The fraction of sp³-hybridized carbons (Fsp3) is 0.944. The van der Waals surface area contributed by atoms with Gasteiger partial charge in [0, 0.05) is 16.6 Å². The van der Waals surface area contributed by atoms with E-state index in [1.54, 1.807) is 0 Å². The fourth-order valence-electron chi connectivity index (χ4n) is 2.59. The first-order valence-corrected chi connectivity index (χ1v) is 8.18. The second kappa shape index (κ2) is 6.48. The van der Waals surface area contributed by atoms with Crippen LogP contribution in [0.1, 0.15) is 83.1 Å². The summed E-state index contributed by atoms with van der Waals surface area (Å²) in [5.41, 5.74) is -0.855. The first-order chi connectivity index (χ1) is 9.36. The van der Waals surface area contributed by atoms with Crippen LogP contribution in [0.15, 0.2) is 4.99 Å². The minimum Gasteiger partial charge on any atom is -0.862 e. The smallest absolute Gasteiger partial charge is 0.156 e. The number of aliphatic imine (C=N–C) groups is 1. The van der Waals surface area contributed by atoms with Crippen LogP contribution in [0.4, 0.5) is 0 Å². The van der Waals surface area contributed by atoms with Crippen molar-refractivity contribution in [1.82, 2.24) is 10.2 Å². The summed E-state index contributed by atoms with van der Waals surface area (Å²) in [6.45, 7) is 25.0. The summed E-state index contributed by atoms with van der Waals surface area (Å²) in [6, 6.07) is 0. The maximum absolute atomic E-state index is 12.5. The van der Waals surface area contributed by atoms with E-state index in [0.717, 1.165) is 0 Å². The van der Waals surface area contributed by atoms with Gasteiger partial charge in [-0.25, -0.2) is 0 Å². The van der Waals surface area contributed by atoms with Crippen molar-refractivity contribution in [3.63, 3.8) is 0 Å². The van der Waals surface area contributed by atoms with Crippen molar-refractivity contribution >= 4 is 5.90 Å². The summed E-state index contributed by atoms with van der Waals surface area (Å²) in [4.78, 5) is 6.82. The van der Waals surface area contributed by atoms with Crippen molar-refractivity contribution in [1.29, 1.82) is 0 Å². The van der Waals surface area contributed by atoms with Gasteiger partial charge in [0.05, 0.1) is 0 Å². The van der Waals surface area contributed by atoms with Crippen LogP contribution in [0, 0.1) is 5.41 Å². The summed E-state index contributed by atoms with van der Waals surface area (Å²) in [6.07, 6.45) is -0.355. The Hall–Kier alpha value is -0.610. The van der Waals surface area contributed by atoms with Crippen LogP contribution in [0.2, 0.25) is 0 Å². The van der Waals surface area contributed by atoms with Crippen LogP contribution in [-0.2, 0) is 0 Å². The zero-order valence-corrected chi connectivity index (χ0v) is 16.9. The number of rotatable bonds is 3. The molecule has 0 amide bonds. The van der Waals surface area contributed by atoms with Crippen LogP contribution in [0.3, 0.4) is 0 Å². The number of hydrogen-bond acceptors (Lipinski definition) is 4. The molecule has 0 aliphatic carbocycles. The minimum absolute atomic E-state index is 0.0762. The lowest BCUT2D eigenvalue weighted by atomic mass is 9.94. The second-order valence-electron chi connectivity index (χ2n) is 10.2. The first-order valence-electron chi connectivity index (χ1n) is 8.18. The molecule has 1 N–H and O–H groups in total. The molecule has 0 bridgehead atoms. The zero-order chi connectivity index (χ0) is 18.1. The predicted octanol–water partition coefficient (Wildman–Crippen LogP) is 3.36. The van der Waals surface area contributed by atoms with Crippen molar-refractivity contribution in [3.05, 3.63) is 0 Å². The Labute approximate surface area is 138 Å². The molecule has 0 rings (SSSR count). The maximum Gasteiger partial charge on any atom is 0.156 e. The normalized spacial score (nSPS) is 17.0. The zero-order valence-electron chi connectivity index (χ0n) is 16.9. The largest absolute Gasteiger partial charge is 0.862 e. The third-order valence-corrected chi connectivity index (χ3v) is 3.13. The van der Waals surface area contributed by atoms with Gasteiger partial charge in [-0.2, -0.15) is 0 Å². The Morgan fingerprint density at radius 2 is 1.18 bits per heavy atom. The van der Waals surface area contributed by atoms with Gasteiger partial charge < -0.3 is 5.11 Å². The second-order valence-corrected chi connectivity index (χ2v) is 10.2. The summed E-state index contributed by atoms with van der Waals surface area (Å²) in [5, 5.41) is 16.0.